The van der Waals surface area contributed by atoms with E-state index in [0.717, 1.165) is 12.8 Å². The number of fused-ring (bicyclic) bond motifs is 1. The number of amides is 2. The molecule has 1 aliphatic heterocycles. The minimum atomic E-state index is -3.82. The molecule has 0 radical (unpaired) electrons. The summed E-state index contributed by atoms with van der Waals surface area (Å²) in [4.78, 5) is 34.2. The largest absolute Gasteiger partial charge is 0.464 e. The summed E-state index contributed by atoms with van der Waals surface area (Å²) in [6, 6.07) is 1.52. The van der Waals surface area contributed by atoms with Crippen LogP contribution >= 0.6 is 0 Å². The van der Waals surface area contributed by atoms with Crippen LogP contribution in [0.5, 0.6) is 0 Å². The second kappa shape index (κ2) is 7.93. The number of nitrogens with one attached hydrogen (secondary N) is 1. The van der Waals surface area contributed by atoms with Crippen LogP contribution in [0.25, 0.3) is 5.65 Å². The fourth-order valence-electron chi connectivity index (χ4n) is 3.77. The van der Waals surface area contributed by atoms with Gasteiger partial charge in [-0.05, 0) is 25.8 Å². The maximum Gasteiger partial charge on any atom is 0.356 e. The van der Waals surface area contributed by atoms with Gasteiger partial charge in [0.1, 0.15) is 4.90 Å². The third kappa shape index (κ3) is 4.11. The van der Waals surface area contributed by atoms with Crippen molar-refractivity contribution in [3.8, 4) is 0 Å². The Kier molecular flexibility index (Phi) is 5.53. The molecule has 174 valence electrons. The lowest BCUT2D eigenvalue weighted by Crippen LogP contribution is -2.51. The number of urea groups is 1. The number of aromatic nitrogens is 2. The molecule has 1 saturated heterocycles. The Labute approximate surface area is 187 Å². The fourth-order valence-corrected chi connectivity index (χ4v) is 5.26. The Balaban J connectivity index is 1.74. The average Bonchev–Trinajstić information content (AvgIpc) is 3.32. The molecule has 0 atom stereocenters. The minimum absolute atomic E-state index is 0.0445. The van der Waals surface area contributed by atoms with Crippen molar-refractivity contribution in [3.63, 3.8) is 0 Å². The van der Waals surface area contributed by atoms with Crippen LogP contribution in [0.1, 0.15) is 30.3 Å². The number of esters is 1. The molecule has 0 spiro atoms. The molecule has 11 nitrogen and oxygen atoms in total. The number of carbonyl (C=O) groups is 2. The lowest BCUT2D eigenvalue weighted by Gasteiger charge is -2.37. The van der Waals surface area contributed by atoms with Crippen molar-refractivity contribution in [2.75, 3.05) is 52.3 Å². The summed E-state index contributed by atoms with van der Waals surface area (Å²) in [7, 11) is 0.859. The molecule has 32 heavy (non-hydrogen) atoms. The molecule has 2 fully saturated rings. The number of methoxy groups -OCH3 is 1. The molecule has 12 heteroatoms. The molecule has 2 aromatic rings. The highest BCUT2D eigenvalue weighted by atomic mass is 32.2. The Hall–Kier alpha value is -2.86. The number of anilines is 1. The maximum atomic E-state index is 13.1. The average molecular weight is 465 g/mol. The molecule has 1 aliphatic carbocycles. The molecule has 4 rings (SSSR count). The first-order valence-corrected chi connectivity index (χ1v) is 11.9. The summed E-state index contributed by atoms with van der Waals surface area (Å²) in [5.74, 6) is -0.610. The lowest BCUT2D eigenvalue weighted by molar-refractivity contribution is 0.0592. The van der Waals surface area contributed by atoms with E-state index in [2.05, 4.69) is 9.71 Å². The highest BCUT2D eigenvalue weighted by Gasteiger charge is 2.41. The van der Waals surface area contributed by atoms with E-state index in [1.807, 2.05) is 11.8 Å². The van der Waals surface area contributed by atoms with Gasteiger partial charge in [-0.25, -0.2) is 27.7 Å². The highest BCUT2D eigenvalue weighted by Crippen LogP contribution is 2.36. The van der Waals surface area contributed by atoms with Crippen LogP contribution in [0.15, 0.2) is 23.4 Å². The molecule has 2 aliphatic rings. The van der Waals surface area contributed by atoms with Crippen LogP contribution < -0.4 is 9.62 Å². The highest BCUT2D eigenvalue weighted by molar-refractivity contribution is 7.89. The Morgan fingerprint density at radius 1 is 1.19 bits per heavy atom. The van der Waals surface area contributed by atoms with E-state index in [9.17, 15) is 18.0 Å². The standard InChI is InChI=1S/C20H28N6O5S/c1-20(5-6-20)22-32(29,30)14-11-15(17-21-12-16(18(27)31-4)26(17)13-14)24-7-9-25(10-8-24)19(28)23(2)3/h11-13,22H,5-10H2,1-4H3. The second-order valence-corrected chi connectivity index (χ2v) is 10.4. The summed E-state index contributed by atoms with van der Waals surface area (Å²) < 4.78 is 35.3. The molecule has 0 aromatic carbocycles. The molecule has 3 heterocycles. The minimum Gasteiger partial charge on any atom is -0.464 e. The number of rotatable bonds is 5. The number of ether oxygens (including phenoxy) is 1. The quantitative estimate of drug-likeness (QED) is 0.649. The van der Waals surface area contributed by atoms with E-state index in [4.69, 9.17) is 4.74 Å². The van der Waals surface area contributed by atoms with E-state index in [0.29, 0.717) is 37.5 Å². The summed E-state index contributed by atoms with van der Waals surface area (Å²) >= 11 is 0. The van der Waals surface area contributed by atoms with Crippen LogP contribution in [-0.2, 0) is 14.8 Å². The summed E-state index contributed by atoms with van der Waals surface area (Å²) in [6.07, 6.45) is 4.34. The number of pyridine rings is 1. The van der Waals surface area contributed by atoms with Crippen molar-refractivity contribution in [3.05, 3.63) is 24.2 Å². The van der Waals surface area contributed by atoms with Crippen molar-refractivity contribution in [1.29, 1.82) is 0 Å². The molecule has 0 unspecified atom stereocenters. The van der Waals surface area contributed by atoms with Crippen LogP contribution in [0.3, 0.4) is 0 Å². The van der Waals surface area contributed by atoms with Gasteiger partial charge in [-0.3, -0.25) is 4.40 Å². The van der Waals surface area contributed by atoms with Gasteiger partial charge in [0, 0.05) is 52.0 Å². The van der Waals surface area contributed by atoms with Gasteiger partial charge in [-0.2, -0.15) is 0 Å². The number of sulfonamides is 1. The van der Waals surface area contributed by atoms with Crippen molar-refractivity contribution in [1.82, 2.24) is 23.9 Å². The Morgan fingerprint density at radius 3 is 2.41 bits per heavy atom. The summed E-state index contributed by atoms with van der Waals surface area (Å²) in [5.41, 5.74) is 0.738. The van der Waals surface area contributed by atoms with Gasteiger partial charge in [0.2, 0.25) is 10.0 Å². The monoisotopic (exact) mass is 464 g/mol. The van der Waals surface area contributed by atoms with Crippen LogP contribution in [0.4, 0.5) is 10.5 Å². The van der Waals surface area contributed by atoms with Crippen LogP contribution in [-0.4, -0.2) is 92.5 Å². The first-order chi connectivity index (χ1) is 15.0. The third-order valence-corrected chi connectivity index (χ3v) is 7.53. The molecule has 0 bridgehead atoms. The van der Waals surface area contributed by atoms with Crippen molar-refractivity contribution < 1.29 is 22.7 Å². The number of nitrogens with zero attached hydrogens (tertiary/aromatic N) is 5. The first-order valence-electron chi connectivity index (χ1n) is 10.4. The van der Waals surface area contributed by atoms with Gasteiger partial charge in [0.15, 0.2) is 11.3 Å². The topological polar surface area (TPSA) is 117 Å². The lowest BCUT2D eigenvalue weighted by atomic mass is 10.2. The molecular formula is C20H28N6O5S. The second-order valence-electron chi connectivity index (χ2n) is 8.71. The first kappa shape index (κ1) is 22.3. The maximum absolute atomic E-state index is 13.1. The van der Waals surface area contributed by atoms with Gasteiger partial charge in [-0.1, -0.05) is 0 Å². The van der Waals surface area contributed by atoms with Gasteiger partial charge in [-0.15, -0.1) is 0 Å². The predicted octanol–water partition coefficient (Wildman–Crippen LogP) is 0.755. The predicted molar refractivity (Wildman–Crippen MR) is 117 cm³/mol. The zero-order valence-corrected chi connectivity index (χ0v) is 19.5. The molecular weight excluding hydrogens is 436 g/mol. The third-order valence-electron chi connectivity index (χ3n) is 5.92. The molecule has 1 N–H and O–H groups in total. The van der Waals surface area contributed by atoms with Gasteiger partial charge >= 0.3 is 12.0 Å². The Bertz CT molecular complexity index is 1160. The van der Waals surface area contributed by atoms with E-state index in [-0.39, 0.29) is 16.6 Å². The Morgan fingerprint density at radius 2 is 1.84 bits per heavy atom. The number of hydrogen-bond acceptors (Lipinski definition) is 7. The summed E-state index contributed by atoms with van der Waals surface area (Å²) in [5, 5.41) is 0. The zero-order chi connectivity index (χ0) is 23.3. The number of hydrogen-bond donors (Lipinski definition) is 1. The van der Waals surface area contributed by atoms with Gasteiger partial charge < -0.3 is 19.4 Å². The smallest absolute Gasteiger partial charge is 0.356 e. The fraction of sp³-hybridized carbons (Fsp3) is 0.550. The van der Waals surface area contributed by atoms with E-state index < -0.39 is 21.5 Å². The molecule has 2 amide bonds. The van der Waals surface area contributed by atoms with Gasteiger partial charge in [0.25, 0.3) is 0 Å². The summed E-state index contributed by atoms with van der Waals surface area (Å²) in [6.45, 7) is 3.85. The number of piperazine rings is 1. The van der Waals surface area contributed by atoms with Crippen LogP contribution in [0, 0.1) is 0 Å². The van der Waals surface area contributed by atoms with E-state index in [1.54, 1.807) is 25.1 Å². The molecule has 1 saturated carbocycles. The zero-order valence-electron chi connectivity index (χ0n) is 18.7. The van der Waals surface area contributed by atoms with Crippen molar-refractivity contribution in [2.45, 2.75) is 30.2 Å². The van der Waals surface area contributed by atoms with Gasteiger partial charge in [0.05, 0.1) is 19.0 Å². The normalized spacial score (nSPS) is 18.0. The van der Waals surface area contributed by atoms with Crippen molar-refractivity contribution in [2.24, 2.45) is 0 Å². The van der Waals surface area contributed by atoms with Crippen LogP contribution in [0.2, 0.25) is 0 Å². The van der Waals surface area contributed by atoms with Crippen molar-refractivity contribution >= 4 is 33.4 Å². The van der Waals surface area contributed by atoms with E-state index >= 15 is 0 Å². The molecule has 2 aromatic heterocycles. The number of imidazole rings is 1. The SMILES string of the molecule is COC(=O)c1cnc2c(N3CCN(C(=O)N(C)C)CC3)cc(S(=O)(=O)NC3(C)CC3)cn12. The number of carbonyl (C=O) groups excluding carboxylic acids is 2. The van der Waals surface area contributed by atoms with E-state index in [1.165, 1.54) is 28.8 Å².